The number of aliphatic hydroxyl groups excluding tert-OH is 1. The molecular weight excluding hydrogens is 525 g/mol. The van der Waals surface area contributed by atoms with E-state index in [9.17, 15) is 28.2 Å². The minimum absolute atomic E-state index is 0.0928. The SMILES string of the molecule is COc1cc(C)c2[nH]ccc2c1CN1CCN(CCC(F)(F)F)CC1c1ccc(C(=O)O)c(N2CCCC2O)c1. The van der Waals surface area contributed by atoms with Crippen LogP contribution >= 0.6 is 0 Å². The zero-order valence-corrected chi connectivity index (χ0v) is 22.7. The molecule has 0 aliphatic carbocycles. The van der Waals surface area contributed by atoms with Crippen LogP contribution in [0.15, 0.2) is 36.5 Å². The number of aliphatic hydroxyl groups is 1. The molecule has 0 amide bonds. The monoisotopic (exact) mass is 560 g/mol. The van der Waals surface area contributed by atoms with Crippen LogP contribution in [-0.4, -0.2) is 83.2 Å². The van der Waals surface area contributed by atoms with Gasteiger partial charge >= 0.3 is 12.1 Å². The van der Waals surface area contributed by atoms with E-state index in [1.807, 2.05) is 30.2 Å². The second kappa shape index (κ2) is 11.3. The normalized spacial score (nSPS) is 20.9. The number of aromatic nitrogens is 1. The van der Waals surface area contributed by atoms with Crippen molar-refractivity contribution in [2.75, 3.05) is 44.7 Å². The van der Waals surface area contributed by atoms with Crippen LogP contribution in [0.4, 0.5) is 18.9 Å². The number of nitrogens with zero attached hydrogens (tertiary/aromatic N) is 3. The summed E-state index contributed by atoms with van der Waals surface area (Å²) in [5, 5.41) is 21.4. The summed E-state index contributed by atoms with van der Waals surface area (Å²) in [6, 6.07) is 8.77. The number of piperazine rings is 1. The number of alkyl halides is 3. The lowest BCUT2D eigenvalue weighted by Crippen LogP contribution is -2.48. The standard InChI is InChI=1S/C29H35F3N4O4/c1-18-14-25(40-2)22(20-7-9-33-27(18)20)16-35-13-12-34(11-8-29(30,31)32)17-24(35)19-5-6-21(28(38)39)23(15-19)36-10-3-4-26(36)37/h5-7,9,14-15,24,26,33,37H,3-4,8,10-13,16-17H2,1-2H3,(H,38,39). The maximum absolute atomic E-state index is 13.1. The van der Waals surface area contributed by atoms with Crippen LogP contribution in [0.3, 0.4) is 0 Å². The maximum atomic E-state index is 13.1. The summed E-state index contributed by atoms with van der Waals surface area (Å²) in [6.45, 7) is 4.28. The number of carboxylic acid groups (broad SMARTS) is 1. The molecule has 8 nitrogen and oxygen atoms in total. The van der Waals surface area contributed by atoms with Crippen molar-refractivity contribution in [3.05, 3.63) is 58.8 Å². The van der Waals surface area contributed by atoms with Crippen LogP contribution in [0, 0.1) is 6.92 Å². The zero-order chi connectivity index (χ0) is 28.6. The van der Waals surface area contributed by atoms with Crippen molar-refractivity contribution in [2.45, 2.75) is 51.2 Å². The molecule has 1 aromatic heterocycles. The number of hydrogen-bond donors (Lipinski definition) is 3. The summed E-state index contributed by atoms with van der Waals surface area (Å²) in [4.78, 5) is 21.1. The fraction of sp³-hybridized carbons (Fsp3) is 0.483. The molecule has 2 unspecified atom stereocenters. The van der Waals surface area contributed by atoms with Crippen LogP contribution in [0.2, 0.25) is 0 Å². The fourth-order valence-electron chi connectivity index (χ4n) is 6.06. The molecule has 0 saturated carbocycles. The Bertz CT molecular complexity index is 1380. The van der Waals surface area contributed by atoms with Gasteiger partial charge in [0, 0.05) is 68.0 Å². The van der Waals surface area contributed by atoms with Gasteiger partial charge in [-0.2, -0.15) is 13.2 Å². The number of anilines is 1. The Hall–Kier alpha value is -3.28. The van der Waals surface area contributed by atoms with E-state index in [0.29, 0.717) is 44.8 Å². The molecular formula is C29H35F3N4O4. The molecule has 11 heteroatoms. The quantitative estimate of drug-likeness (QED) is 0.361. The van der Waals surface area contributed by atoms with Crippen molar-refractivity contribution in [1.29, 1.82) is 0 Å². The van der Waals surface area contributed by atoms with Gasteiger partial charge in [-0.25, -0.2) is 4.79 Å². The van der Waals surface area contributed by atoms with Gasteiger partial charge < -0.3 is 24.8 Å². The van der Waals surface area contributed by atoms with Gasteiger partial charge in [0.05, 0.1) is 24.8 Å². The molecule has 2 aliphatic heterocycles. The summed E-state index contributed by atoms with van der Waals surface area (Å²) in [7, 11) is 1.63. The molecule has 5 rings (SSSR count). The van der Waals surface area contributed by atoms with Gasteiger partial charge in [-0.05, 0) is 55.2 Å². The van der Waals surface area contributed by atoms with Gasteiger partial charge in [-0.1, -0.05) is 6.07 Å². The molecule has 0 bridgehead atoms. The molecule has 0 radical (unpaired) electrons. The minimum atomic E-state index is -4.25. The highest BCUT2D eigenvalue weighted by molar-refractivity contribution is 5.95. The van der Waals surface area contributed by atoms with E-state index in [1.165, 1.54) is 0 Å². The Balaban J connectivity index is 1.53. The van der Waals surface area contributed by atoms with E-state index in [0.717, 1.165) is 39.8 Å². The number of H-pyrrole nitrogens is 1. The number of aromatic carboxylic acids is 1. The third-order valence-electron chi connectivity index (χ3n) is 8.15. The van der Waals surface area contributed by atoms with Crippen molar-refractivity contribution in [1.82, 2.24) is 14.8 Å². The van der Waals surface area contributed by atoms with Crippen molar-refractivity contribution in [3.8, 4) is 5.75 Å². The van der Waals surface area contributed by atoms with Crippen molar-refractivity contribution < 1.29 is 32.9 Å². The number of nitrogens with one attached hydrogen (secondary N) is 1. The number of carbonyl (C=O) groups is 1. The zero-order valence-electron chi connectivity index (χ0n) is 22.7. The highest BCUT2D eigenvalue weighted by Gasteiger charge is 2.34. The summed E-state index contributed by atoms with van der Waals surface area (Å²) >= 11 is 0. The third-order valence-corrected chi connectivity index (χ3v) is 8.15. The minimum Gasteiger partial charge on any atom is -0.496 e. The predicted molar refractivity (Wildman–Crippen MR) is 146 cm³/mol. The second-order valence-corrected chi connectivity index (χ2v) is 10.7. The molecule has 216 valence electrons. The first kappa shape index (κ1) is 28.3. The lowest BCUT2D eigenvalue weighted by Gasteiger charge is -2.42. The van der Waals surface area contributed by atoms with Crippen LogP contribution < -0.4 is 9.64 Å². The average Bonchev–Trinajstić information content (AvgIpc) is 3.58. The third kappa shape index (κ3) is 5.77. The summed E-state index contributed by atoms with van der Waals surface area (Å²) in [5.74, 6) is -0.350. The van der Waals surface area contributed by atoms with Crippen LogP contribution in [-0.2, 0) is 6.54 Å². The average molecular weight is 561 g/mol. The molecule has 0 spiro atoms. The smallest absolute Gasteiger partial charge is 0.390 e. The molecule has 2 aromatic carbocycles. The molecule has 3 heterocycles. The van der Waals surface area contributed by atoms with Crippen molar-refractivity contribution >= 4 is 22.6 Å². The Labute approximate surface area is 230 Å². The number of hydrogen-bond acceptors (Lipinski definition) is 6. The van der Waals surface area contributed by atoms with E-state index >= 15 is 0 Å². The highest BCUT2D eigenvalue weighted by atomic mass is 19.4. The first-order valence-corrected chi connectivity index (χ1v) is 13.5. The predicted octanol–water partition coefficient (Wildman–Crippen LogP) is 4.91. The number of aromatic amines is 1. The van der Waals surface area contributed by atoms with E-state index in [4.69, 9.17) is 4.74 Å². The Morgan fingerprint density at radius 2 is 1.98 bits per heavy atom. The first-order valence-electron chi connectivity index (χ1n) is 13.5. The van der Waals surface area contributed by atoms with Gasteiger partial charge in [-0.15, -0.1) is 0 Å². The Morgan fingerprint density at radius 3 is 2.65 bits per heavy atom. The largest absolute Gasteiger partial charge is 0.496 e. The van der Waals surface area contributed by atoms with Crippen LogP contribution in [0.1, 0.15) is 52.4 Å². The van der Waals surface area contributed by atoms with Crippen LogP contribution in [0.5, 0.6) is 5.75 Å². The highest BCUT2D eigenvalue weighted by Crippen LogP contribution is 2.37. The van der Waals surface area contributed by atoms with Crippen LogP contribution in [0.25, 0.3) is 10.9 Å². The van der Waals surface area contributed by atoms with Crippen molar-refractivity contribution in [2.24, 2.45) is 0 Å². The summed E-state index contributed by atoms with van der Waals surface area (Å²) in [6.07, 6.45) is -2.75. The fourth-order valence-corrected chi connectivity index (χ4v) is 6.06. The molecule has 2 aliphatic rings. The van der Waals surface area contributed by atoms with Gasteiger partial charge in [0.25, 0.3) is 0 Å². The van der Waals surface area contributed by atoms with E-state index in [1.54, 1.807) is 30.2 Å². The molecule has 3 aromatic rings. The molecule has 2 fully saturated rings. The summed E-state index contributed by atoms with van der Waals surface area (Å²) < 4.78 is 45.0. The molecule has 2 atom stereocenters. The molecule has 3 N–H and O–H groups in total. The number of ether oxygens (including phenoxy) is 1. The Morgan fingerprint density at radius 1 is 1.18 bits per heavy atom. The maximum Gasteiger partial charge on any atom is 0.390 e. The van der Waals surface area contributed by atoms with E-state index < -0.39 is 24.8 Å². The topological polar surface area (TPSA) is 92.3 Å². The van der Waals surface area contributed by atoms with E-state index in [2.05, 4.69) is 9.88 Å². The second-order valence-electron chi connectivity index (χ2n) is 10.7. The number of rotatable bonds is 8. The van der Waals surface area contributed by atoms with Gasteiger partial charge in [0.15, 0.2) is 0 Å². The lowest BCUT2D eigenvalue weighted by atomic mass is 9.97. The number of fused-ring (bicyclic) bond motifs is 1. The van der Waals surface area contributed by atoms with E-state index in [-0.39, 0.29) is 18.2 Å². The van der Waals surface area contributed by atoms with Crippen molar-refractivity contribution in [3.63, 3.8) is 0 Å². The van der Waals surface area contributed by atoms with Gasteiger partial charge in [0.2, 0.25) is 0 Å². The number of carboxylic acids is 1. The number of aryl methyl sites for hydroxylation is 1. The number of halogens is 3. The van der Waals surface area contributed by atoms with Gasteiger partial charge in [0.1, 0.15) is 12.0 Å². The molecule has 2 saturated heterocycles. The Kier molecular flexibility index (Phi) is 7.98. The number of benzene rings is 2. The van der Waals surface area contributed by atoms with Gasteiger partial charge in [-0.3, -0.25) is 9.80 Å². The summed E-state index contributed by atoms with van der Waals surface area (Å²) in [5.41, 5.74) is 4.36. The molecule has 40 heavy (non-hydrogen) atoms. The lowest BCUT2D eigenvalue weighted by molar-refractivity contribution is -0.139. The first-order chi connectivity index (χ1) is 19.1. The number of methoxy groups -OCH3 is 1.